The highest BCUT2D eigenvalue weighted by atomic mass is 127. The highest BCUT2D eigenvalue weighted by Gasteiger charge is 2.18. The standard InChI is InChI=1S/C7H13I2N3O/c8-7(13)12-5-3-11(4-6-12)2-1-10-9/h10H,1-6H2. The van der Waals surface area contributed by atoms with Gasteiger partial charge in [-0.15, -0.1) is 0 Å². The molecule has 0 bridgehead atoms. The van der Waals surface area contributed by atoms with Crippen LogP contribution >= 0.6 is 45.5 Å². The minimum absolute atomic E-state index is 0.171. The summed E-state index contributed by atoms with van der Waals surface area (Å²) in [5, 5.41) is 0. The Bertz CT molecular complexity index is 171. The molecule has 1 saturated heterocycles. The molecule has 1 N–H and O–H groups in total. The summed E-state index contributed by atoms with van der Waals surface area (Å²) in [6, 6.07) is 0. The Labute approximate surface area is 106 Å². The van der Waals surface area contributed by atoms with E-state index in [-0.39, 0.29) is 3.91 Å². The average molecular weight is 409 g/mol. The molecular weight excluding hydrogens is 396 g/mol. The van der Waals surface area contributed by atoms with Crippen LogP contribution in [0.4, 0.5) is 4.79 Å². The lowest BCUT2D eigenvalue weighted by Gasteiger charge is -2.33. The van der Waals surface area contributed by atoms with Crippen LogP contribution in [0.1, 0.15) is 0 Å². The topological polar surface area (TPSA) is 35.6 Å². The van der Waals surface area contributed by atoms with E-state index in [1.807, 2.05) is 27.5 Å². The minimum Gasteiger partial charge on any atom is -0.332 e. The second-order valence-electron chi connectivity index (χ2n) is 2.97. The second-order valence-corrected chi connectivity index (χ2v) is 4.65. The third kappa shape index (κ3) is 4.26. The summed E-state index contributed by atoms with van der Waals surface area (Å²) in [5.41, 5.74) is 0. The molecular formula is C7H13I2N3O. The fraction of sp³-hybridized carbons (Fsp3) is 0.857. The molecule has 1 fully saturated rings. The van der Waals surface area contributed by atoms with Gasteiger partial charge in [0.1, 0.15) is 0 Å². The maximum absolute atomic E-state index is 11.0. The first-order chi connectivity index (χ1) is 6.24. The number of rotatable bonds is 3. The van der Waals surface area contributed by atoms with Crippen LogP contribution in [0.25, 0.3) is 0 Å². The van der Waals surface area contributed by atoms with Crippen molar-refractivity contribution in [3.63, 3.8) is 0 Å². The normalized spacial score (nSPS) is 19.1. The van der Waals surface area contributed by atoms with Gasteiger partial charge in [-0.25, -0.2) is 0 Å². The molecule has 0 aromatic heterocycles. The van der Waals surface area contributed by atoms with Gasteiger partial charge in [-0.05, 0) is 0 Å². The van der Waals surface area contributed by atoms with Crippen molar-refractivity contribution in [2.24, 2.45) is 0 Å². The first-order valence-corrected chi connectivity index (χ1v) is 6.40. The molecule has 0 radical (unpaired) electrons. The lowest BCUT2D eigenvalue weighted by molar-refractivity contribution is 0.158. The van der Waals surface area contributed by atoms with Gasteiger partial charge in [-0.1, -0.05) is 0 Å². The van der Waals surface area contributed by atoms with Crippen molar-refractivity contribution >= 4 is 49.4 Å². The van der Waals surface area contributed by atoms with Crippen LogP contribution in [0.2, 0.25) is 0 Å². The number of amides is 1. The fourth-order valence-electron chi connectivity index (χ4n) is 1.35. The van der Waals surface area contributed by atoms with Gasteiger partial charge in [0.25, 0.3) is 3.91 Å². The van der Waals surface area contributed by atoms with E-state index in [4.69, 9.17) is 0 Å². The van der Waals surface area contributed by atoms with Crippen molar-refractivity contribution in [2.75, 3.05) is 39.3 Å². The van der Waals surface area contributed by atoms with Crippen molar-refractivity contribution in [1.82, 2.24) is 13.3 Å². The Morgan fingerprint density at radius 1 is 1.31 bits per heavy atom. The summed E-state index contributed by atoms with van der Waals surface area (Å²) < 4.78 is 3.27. The van der Waals surface area contributed by atoms with Crippen molar-refractivity contribution in [3.8, 4) is 0 Å². The zero-order valence-corrected chi connectivity index (χ0v) is 11.6. The molecule has 0 aromatic carbocycles. The van der Waals surface area contributed by atoms with Crippen molar-refractivity contribution < 1.29 is 4.79 Å². The largest absolute Gasteiger partial charge is 0.332 e. The number of piperazine rings is 1. The fourth-order valence-corrected chi connectivity index (χ4v) is 2.07. The first-order valence-electron chi connectivity index (χ1n) is 4.24. The SMILES string of the molecule is O=C(I)N1CCN(CCNI)CC1. The van der Waals surface area contributed by atoms with Crippen molar-refractivity contribution in [3.05, 3.63) is 0 Å². The summed E-state index contributed by atoms with van der Waals surface area (Å²) in [6.45, 7) is 5.86. The number of nitrogens with one attached hydrogen (secondary N) is 1. The summed E-state index contributed by atoms with van der Waals surface area (Å²) in [5.74, 6) is 0. The van der Waals surface area contributed by atoms with Crippen LogP contribution in [-0.4, -0.2) is 53.0 Å². The Morgan fingerprint density at radius 2 is 1.92 bits per heavy atom. The maximum atomic E-state index is 11.0. The van der Waals surface area contributed by atoms with Gasteiger partial charge in [0.2, 0.25) is 0 Å². The Balaban J connectivity index is 2.18. The van der Waals surface area contributed by atoms with Crippen molar-refractivity contribution in [2.45, 2.75) is 0 Å². The van der Waals surface area contributed by atoms with Crippen LogP contribution in [0.5, 0.6) is 0 Å². The smallest absolute Gasteiger partial charge is 0.283 e. The molecule has 13 heavy (non-hydrogen) atoms. The van der Waals surface area contributed by atoms with E-state index in [0.29, 0.717) is 0 Å². The number of hydrogen-bond donors (Lipinski definition) is 1. The quantitative estimate of drug-likeness (QED) is 0.329. The predicted octanol–water partition coefficient (Wildman–Crippen LogP) is 1.10. The summed E-state index contributed by atoms with van der Waals surface area (Å²) >= 11 is 4.01. The zero-order valence-electron chi connectivity index (χ0n) is 7.30. The number of carbonyl (C=O) groups excluding carboxylic acids is 1. The Kier molecular flexibility index (Phi) is 5.83. The molecule has 0 aliphatic carbocycles. The minimum atomic E-state index is 0.171. The van der Waals surface area contributed by atoms with E-state index < -0.39 is 0 Å². The third-order valence-electron chi connectivity index (χ3n) is 2.14. The van der Waals surface area contributed by atoms with E-state index >= 15 is 0 Å². The van der Waals surface area contributed by atoms with E-state index in [1.165, 1.54) is 0 Å². The maximum Gasteiger partial charge on any atom is 0.283 e. The van der Waals surface area contributed by atoms with Gasteiger partial charge in [-0.2, -0.15) is 0 Å². The molecule has 1 amide bonds. The lowest BCUT2D eigenvalue weighted by Crippen LogP contribution is -2.48. The van der Waals surface area contributed by atoms with Crippen LogP contribution in [-0.2, 0) is 0 Å². The van der Waals surface area contributed by atoms with Gasteiger partial charge in [0, 0.05) is 84.7 Å². The molecule has 1 aliphatic heterocycles. The second kappa shape index (κ2) is 6.36. The Morgan fingerprint density at radius 3 is 2.38 bits per heavy atom. The molecule has 4 nitrogen and oxygen atoms in total. The van der Waals surface area contributed by atoms with Gasteiger partial charge in [0.05, 0.1) is 0 Å². The van der Waals surface area contributed by atoms with E-state index in [9.17, 15) is 4.79 Å². The number of halogens is 2. The molecule has 0 atom stereocenters. The highest BCUT2D eigenvalue weighted by Crippen LogP contribution is 2.05. The number of carbonyl (C=O) groups is 1. The van der Waals surface area contributed by atoms with Crippen LogP contribution in [0, 0.1) is 0 Å². The van der Waals surface area contributed by atoms with Gasteiger partial charge < -0.3 is 4.90 Å². The highest BCUT2D eigenvalue weighted by molar-refractivity contribution is 14.1. The van der Waals surface area contributed by atoms with Crippen LogP contribution < -0.4 is 3.53 Å². The molecule has 1 rings (SSSR count). The summed E-state index contributed by atoms with van der Waals surface area (Å²) in [7, 11) is 0. The third-order valence-corrected chi connectivity index (χ3v) is 3.37. The molecule has 1 aliphatic rings. The van der Waals surface area contributed by atoms with Crippen molar-refractivity contribution in [1.29, 1.82) is 0 Å². The van der Waals surface area contributed by atoms with Gasteiger partial charge in [0.15, 0.2) is 0 Å². The zero-order chi connectivity index (χ0) is 9.68. The van der Waals surface area contributed by atoms with Crippen LogP contribution in [0.15, 0.2) is 0 Å². The first kappa shape index (κ1) is 11.9. The van der Waals surface area contributed by atoms with Gasteiger partial charge >= 0.3 is 0 Å². The number of hydrogen-bond acceptors (Lipinski definition) is 3. The average Bonchev–Trinajstić information content (AvgIpc) is 2.15. The van der Waals surface area contributed by atoms with Crippen LogP contribution in [0.3, 0.4) is 0 Å². The molecule has 0 aromatic rings. The molecule has 0 spiro atoms. The summed E-state index contributed by atoms with van der Waals surface area (Å²) in [6.07, 6.45) is 0. The monoisotopic (exact) mass is 409 g/mol. The number of nitrogens with zero attached hydrogens (tertiary/aromatic N) is 2. The predicted molar refractivity (Wildman–Crippen MR) is 69.5 cm³/mol. The Hall–Kier alpha value is 0.850. The van der Waals surface area contributed by atoms with E-state index in [0.717, 1.165) is 39.3 Å². The summed E-state index contributed by atoms with van der Waals surface area (Å²) in [4.78, 5) is 15.3. The lowest BCUT2D eigenvalue weighted by atomic mass is 10.3. The van der Waals surface area contributed by atoms with E-state index in [2.05, 4.69) is 31.3 Å². The molecule has 0 unspecified atom stereocenters. The molecule has 0 saturated carbocycles. The van der Waals surface area contributed by atoms with E-state index in [1.54, 1.807) is 0 Å². The van der Waals surface area contributed by atoms with Gasteiger partial charge in [-0.3, -0.25) is 13.2 Å². The molecule has 76 valence electrons. The molecule has 1 heterocycles. The molecule has 6 heteroatoms.